The van der Waals surface area contributed by atoms with E-state index in [1.807, 2.05) is 12.1 Å². The van der Waals surface area contributed by atoms with E-state index >= 15 is 0 Å². The summed E-state index contributed by atoms with van der Waals surface area (Å²) in [7, 11) is -1.78. The minimum Gasteiger partial charge on any atom is -0.377 e. The summed E-state index contributed by atoms with van der Waals surface area (Å²) in [6.07, 6.45) is 1.88. The maximum absolute atomic E-state index is 12.4. The zero-order chi connectivity index (χ0) is 19.0. The van der Waals surface area contributed by atoms with Crippen LogP contribution >= 0.6 is 24.0 Å². The Bertz CT molecular complexity index is 687. The van der Waals surface area contributed by atoms with E-state index in [4.69, 9.17) is 4.74 Å². The number of nitrogens with zero attached hydrogens (tertiary/aromatic N) is 1. The number of guanidine groups is 1. The van der Waals surface area contributed by atoms with E-state index in [2.05, 4.69) is 34.2 Å². The predicted molar refractivity (Wildman–Crippen MR) is 119 cm³/mol. The number of halogens is 1. The highest BCUT2D eigenvalue weighted by atomic mass is 127. The van der Waals surface area contributed by atoms with Gasteiger partial charge in [-0.05, 0) is 36.5 Å². The van der Waals surface area contributed by atoms with Crippen LogP contribution in [0.2, 0.25) is 0 Å². The highest BCUT2D eigenvalue weighted by molar-refractivity contribution is 14.0. The molecule has 0 aromatic heterocycles. The number of hydrogen-bond acceptors (Lipinski definition) is 4. The van der Waals surface area contributed by atoms with Gasteiger partial charge in [-0.1, -0.05) is 26.0 Å². The molecule has 1 aliphatic rings. The molecule has 1 heterocycles. The second kappa shape index (κ2) is 11.8. The number of ether oxygens (including phenoxy) is 1. The molecule has 1 aliphatic heterocycles. The summed E-state index contributed by atoms with van der Waals surface area (Å²) in [5, 5.41) is 6.46. The highest BCUT2D eigenvalue weighted by Gasteiger charge is 2.20. The lowest BCUT2D eigenvalue weighted by Gasteiger charge is -2.14. The average molecular weight is 510 g/mol. The molecule has 1 aromatic rings. The van der Waals surface area contributed by atoms with E-state index in [0.717, 1.165) is 30.9 Å². The summed E-state index contributed by atoms with van der Waals surface area (Å²) in [5.41, 5.74) is 0.982. The van der Waals surface area contributed by atoms with Crippen molar-refractivity contribution < 1.29 is 13.2 Å². The van der Waals surface area contributed by atoms with Gasteiger partial charge < -0.3 is 15.4 Å². The highest BCUT2D eigenvalue weighted by Crippen LogP contribution is 2.14. The maximum Gasteiger partial charge on any atom is 0.240 e. The maximum atomic E-state index is 12.4. The van der Waals surface area contributed by atoms with Crippen LogP contribution in [0, 0.1) is 5.92 Å². The molecule has 0 spiro atoms. The monoisotopic (exact) mass is 510 g/mol. The summed E-state index contributed by atoms with van der Waals surface area (Å²) in [5.74, 6) is 1.26. The third-order valence-corrected chi connectivity index (χ3v) is 5.56. The second-order valence-electron chi connectivity index (χ2n) is 6.83. The van der Waals surface area contributed by atoms with E-state index < -0.39 is 10.0 Å². The Balaban J connectivity index is 0.00000364. The third kappa shape index (κ3) is 8.32. The quantitative estimate of drug-likeness (QED) is 0.283. The van der Waals surface area contributed by atoms with Crippen molar-refractivity contribution in [3.8, 4) is 0 Å². The van der Waals surface area contributed by atoms with Crippen molar-refractivity contribution in [3.05, 3.63) is 29.8 Å². The van der Waals surface area contributed by atoms with Crippen LogP contribution < -0.4 is 15.4 Å². The van der Waals surface area contributed by atoms with Gasteiger partial charge in [-0.15, -0.1) is 24.0 Å². The van der Waals surface area contributed by atoms with Gasteiger partial charge in [0.05, 0.1) is 11.0 Å². The molecule has 0 radical (unpaired) electrons. The van der Waals surface area contributed by atoms with Crippen LogP contribution in [0.3, 0.4) is 0 Å². The summed E-state index contributed by atoms with van der Waals surface area (Å²) >= 11 is 0. The topological polar surface area (TPSA) is 91.8 Å². The molecule has 1 atom stereocenters. The van der Waals surface area contributed by atoms with Gasteiger partial charge in [0.2, 0.25) is 10.0 Å². The van der Waals surface area contributed by atoms with Gasteiger partial charge in [-0.2, -0.15) is 0 Å². The largest absolute Gasteiger partial charge is 0.377 e. The van der Waals surface area contributed by atoms with Crippen molar-refractivity contribution in [3.63, 3.8) is 0 Å². The van der Waals surface area contributed by atoms with Crippen LogP contribution in [0.5, 0.6) is 0 Å². The van der Waals surface area contributed by atoms with Crippen molar-refractivity contribution in [2.45, 2.75) is 44.2 Å². The SMILES string of the molecule is CN=C(NCc1ccc(S(=O)(=O)NCC2CCCO2)cc1)NCC(C)C.I. The molecule has 1 aromatic carbocycles. The minimum atomic E-state index is -3.51. The first-order chi connectivity index (χ1) is 12.4. The number of aliphatic imine (C=N–C) groups is 1. The Hall–Kier alpha value is -0.910. The number of benzene rings is 1. The van der Waals surface area contributed by atoms with Crippen LogP contribution in [-0.2, 0) is 21.3 Å². The molecule has 3 N–H and O–H groups in total. The zero-order valence-corrected chi connectivity index (χ0v) is 19.3. The number of nitrogens with one attached hydrogen (secondary N) is 3. The summed E-state index contributed by atoms with van der Waals surface area (Å²) in [6, 6.07) is 6.87. The molecule has 1 unspecified atom stereocenters. The Morgan fingerprint density at radius 1 is 1.26 bits per heavy atom. The van der Waals surface area contributed by atoms with E-state index in [9.17, 15) is 8.42 Å². The molecular formula is C18H31IN4O3S. The molecule has 0 aliphatic carbocycles. The smallest absolute Gasteiger partial charge is 0.240 e. The predicted octanol–water partition coefficient (Wildman–Crippen LogP) is 2.08. The van der Waals surface area contributed by atoms with Crippen LogP contribution in [-0.4, -0.2) is 47.2 Å². The van der Waals surface area contributed by atoms with Gasteiger partial charge >= 0.3 is 0 Å². The van der Waals surface area contributed by atoms with Gasteiger partial charge in [0.1, 0.15) is 0 Å². The number of hydrogen-bond donors (Lipinski definition) is 3. The molecule has 1 fully saturated rings. The fourth-order valence-corrected chi connectivity index (χ4v) is 3.65. The molecular weight excluding hydrogens is 479 g/mol. The first-order valence-corrected chi connectivity index (χ1v) is 10.5. The van der Waals surface area contributed by atoms with Gasteiger partial charge in [0.15, 0.2) is 5.96 Å². The van der Waals surface area contributed by atoms with Crippen molar-refractivity contribution in [2.75, 3.05) is 26.7 Å². The molecule has 0 bridgehead atoms. The molecule has 2 rings (SSSR count). The van der Waals surface area contributed by atoms with Crippen LogP contribution in [0.15, 0.2) is 34.2 Å². The first kappa shape index (κ1) is 24.1. The Morgan fingerprint density at radius 2 is 1.96 bits per heavy atom. The number of rotatable bonds is 8. The lowest BCUT2D eigenvalue weighted by Crippen LogP contribution is -2.38. The molecule has 7 nitrogen and oxygen atoms in total. The van der Waals surface area contributed by atoms with Gasteiger partial charge in [-0.3, -0.25) is 4.99 Å². The van der Waals surface area contributed by atoms with E-state index in [-0.39, 0.29) is 35.0 Å². The average Bonchev–Trinajstić information content (AvgIpc) is 3.14. The normalized spacial score (nSPS) is 17.6. The third-order valence-electron chi connectivity index (χ3n) is 4.12. The zero-order valence-electron chi connectivity index (χ0n) is 16.2. The Morgan fingerprint density at radius 3 is 2.52 bits per heavy atom. The molecule has 9 heteroatoms. The van der Waals surface area contributed by atoms with E-state index in [0.29, 0.717) is 25.6 Å². The second-order valence-corrected chi connectivity index (χ2v) is 8.60. The van der Waals surface area contributed by atoms with Gasteiger partial charge in [-0.25, -0.2) is 13.1 Å². The lowest BCUT2D eigenvalue weighted by molar-refractivity contribution is 0.114. The van der Waals surface area contributed by atoms with Crippen molar-refractivity contribution in [2.24, 2.45) is 10.9 Å². The van der Waals surface area contributed by atoms with Gasteiger partial charge in [0.25, 0.3) is 0 Å². The fourth-order valence-electron chi connectivity index (χ4n) is 2.58. The Kier molecular flexibility index (Phi) is 10.6. The van der Waals surface area contributed by atoms with Crippen LogP contribution in [0.25, 0.3) is 0 Å². The van der Waals surface area contributed by atoms with Gasteiger partial charge in [0, 0.05) is 33.3 Å². The van der Waals surface area contributed by atoms with E-state index in [1.54, 1.807) is 19.2 Å². The molecule has 27 heavy (non-hydrogen) atoms. The summed E-state index contributed by atoms with van der Waals surface area (Å²) < 4.78 is 32.8. The standard InChI is InChI=1S/C18H30N4O3S.HI/c1-14(2)11-20-18(19-3)21-12-15-6-8-17(9-7-15)26(23,24)22-13-16-5-4-10-25-16;/h6-9,14,16,22H,4-5,10-13H2,1-3H3,(H2,19,20,21);1H. The van der Waals surface area contributed by atoms with Crippen molar-refractivity contribution in [1.29, 1.82) is 0 Å². The Labute approximate surface area is 179 Å². The van der Waals surface area contributed by atoms with Crippen molar-refractivity contribution in [1.82, 2.24) is 15.4 Å². The number of sulfonamides is 1. The molecule has 0 amide bonds. The molecule has 0 saturated carbocycles. The van der Waals surface area contributed by atoms with Crippen LogP contribution in [0.1, 0.15) is 32.3 Å². The summed E-state index contributed by atoms with van der Waals surface area (Å²) in [4.78, 5) is 4.44. The van der Waals surface area contributed by atoms with E-state index in [1.165, 1.54) is 0 Å². The molecule has 1 saturated heterocycles. The first-order valence-electron chi connectivity index (χ1n) is 9.05. The lowest BCUT2D eigenvalue weighted by atomic mass is 10.2. The summed E-state index contributed by atoms with van der Waals surface area (Å²) in [6.45, 7) is 6.71. The minimum absolute atomic E-state index is 0. The van der Waals surface area contributed by atoms with Crippen LogP contribution in [0.4, 0.5) is 0 Å². The van der Waals surface area contributed by atoms with Crippen molar-refractivity contribution >= 4 is 40.0 Å². The molecule has 154 valence electrons. The fraction of sp³-hybridized carbons (Fsp3) is 0.611.